The first-order valence-corrected chi connectivity index (χ1v) is 7.01. The molecule has 0 aliphatic rings. The van der Waals surface area contributed by atoms with Crippen LogP contribution in [0.5, 0.6) is 0 Å². The molecule has 0 saturated carbocycles. The molecule has 0 aromatic carbocycles. The molecule has 0 aromatic rings. The maximum absolute atomic E-state index is 12.0. The SMILES string of the molecule is CC(=O)OCOP(=O)(OCOC(C)=O)OCC(C)C. The second kappa shape index (κ2) is 9.03. The zero-order valence-electron chi connectivity index (χ0n) is 11.4. The summed E-state index contributed by atoms with van der Waals surface area (Å²) in [6.07, 6.45) is 0. The van der Waals surface area contributed by atoms with Crippen molar-refractivity contribution in [3.05, 3.63) is 0 Å². The highest BCUT2D eigenvalue weighted by Crippen LogP contribution is 2.49. The van der Waals surface area contributed by atoms with Crippen molar-refractivity contribution < 1.29 is 37.2 Å². The maximum atomic E-state index is 12.0. The molecule has 0 radical (unpaired) electrons. The van der Waals surface area contributed by atoms with Crippen LogP contribution in [-0.4, -0.2) is 32.1 Å². The van der Waals surface area contributed by atoms with E-state index in [0.717, 1.165) is 0 Å². The summed E-state index contributed by atoms with van der Waals surface area (Å²) in [7, 11) is -3.94. The molecule has 0 aliphatic carbocycles. The number of carbonyl (C=O) groups excluding carboxylic acids is 2. The molecule has 0 aliphatic heterocycles. The van der Waals surface area contributed by atoms with Crippen LogP contribution in [0.1, 0.15) is 27.7 Å². The highest BCUT2D eigenvalue weighted by Gasteiger charge is 2.28. The first kappa shape index (κ1) is 18.0. The van der Waals surface area contributed by atoms with E-state index in [4.69, 9.17) is 13.6 Å². The van der Waals surface area contributed by atoms with Gasteiger partial charge in [-0.15, -0.1) is 0 Å². The van der Waals surface area contributed by atoms with Crippen LogP contribution < -0.4 is 0 Å². The lowest BCUT2D eigenvalue weighted by molar-refractivity contribution is -0.151. The summed E-state index contributed by atoms with van der Waals surface area (Å²) in [6.45, 7) is 4.96. The van der Waals surface area contributed by atoms with E-state index in [-0.39, 0.29) is 12.5 Å². The van der Waals surface area contributed by atoms with Crippen molar-refractivity contribution in [3.8, 4) is 0 Å². The largest absolute Gasteiger partial charge is 0.480 e. The Balaban J connectivity index is 4.30. The van der Waals surface area contributed by atoms with Crippen LogP contribution in [0.3, 0.4) is 0 Å². The minimum Gasteiger partial charge on any atom is -0.438 e. The van der Waals surface area contributed by atoms with Gasteiger partial charge in [-0.1, -0.05) is 13.8 Å². The Bertz CT molecular complexity index is 316. The van der Waals surface area contributed by atoms with Crippen molar-refractivity contribution in [1.82, 2.24) is 0 Å². The van der Waals surface area contributed by atoms with Crippen molar-refractivity contribution in [2.75, 3.05) is 20.2 Å². The molecule has 0 unspecified atom stereocenters. The topological polar surface area (TPSA) is 97.4 Å². The van der Waals surface area contributed by atoms with E-state index in [1.54, 1.807) is 0 Å². The Morgan fingerprint density at radius 1 is 0.947 bits per heavy atom. The zero-order chi connectivity index (χ0) is 14.9. The molecule has 0 amide bonds. The van der Waals surface area contributed by atoms with E-state index in [9.17, 15) is 14.2 Å². The molecule has 9 heteroatoms. The Morgan fingerprint density at radius 3 is 1.68 bits per heavy atom. The van der Waals surface area contributed by atoms with E-state index in [2.05, 4.69) is 9.47 Å². The number of carbonyl (C=O) groups is 2. The molecule has 8 nitrogen and oxygen atoms in total. The Hall–Kier alpha value is -0.950. The quantitative estimate of drug-likeness (QED) is 0.361. The predicted molar refractivity (Wildman–Crippen MR) is 63.8 cm³/mol. The Labute approximate surface area is 111 Å². The van der Waals surface area contributed by atoms with Crippen LogP contribution in [0.2, 0.25) is 0 Å². The van der Waals surface area contributed by atoms with Gasteiger partial charge in [0, 0.05) is 13.8 Å². The van der Waals surface area contributed by atoms with Crippen molar-refractivity contribution in [1.29, 1.82) is 0 Å². The van der Waals surface area contributed by atoms with Crippen LogP contribution in [0, 0.1) is 5.92 Å². The Kier molecular flexibility index (Phi) is 8.58. The second-order valence-corrected chi connectivity index (χ2v) is 5.57. The van der Waals surface area contributed by atoms with E-state index < -0.39 is 33.3 Å². The molecule has 112 valence electrons. The lowest BCUT2D eigenvalue weighted by Gasteiger charge is -2.18. The number of ether oxygens (including phenoxy) is 2. The number of hydrogen-bond acceptors (Lipinski definition) is 8. The van der Waals surface area contributed by atoms with Crippen molar-refractivity contribution in [2.45, 2.75) is 27.7 Å². The molecule has 0 saturated heterocycles. The van der Waals surface area contributed by atoms with Crippen LogP contribution in [0.15, 0.2) is 0 Å². The van der Waals surface area contributed by atoms with Crippen LogP contribution >= 0.6 is 7.82 Å². The average molecular weight is 298 g/mol. The van der Waals surface area contributed by atoms with Gasteiger partial charge in [0.15, 0.2) is 0 Å². The van der Waals surface area contributed by atoms with Crippen molar-refractivity contribution in [3.63, 3.8) is 0 Å². The summed E-state index contributed by atoms with van der Waals surface area (Å²) < 4.78 is 35.5. The maximum Gasteiger partial charge on any atom is 0.480 e. The van der Waals surface area contributed by atoms with Gasteiger partial charge in [0.05, 0.1) is 6.61 Å². The number of hydrogen-bond donors (Lipinski definition) is 0. The van der Waals surface area contributed by atoms with Gasteiger partial charge in [0.1, 0.15) is 0 Å². The third kappa shape index (κ3) is 10.6. The molecule has 0 spiro atoms. The lowest BCUT2D eigenvalue weighted by Crippen LogP contribution is -2.11. The molecule has 0 N–H and O–H groups in total. The number of rotatable bonds is 9. The molecule has 0 bridgehead atoms. The molecule has 0 aromatic heterocycles. The van der Waals surface area contributed by atoms with Gasteiger partial charge in [-0.2, -0.15) is 0 Å². The monoisotopic (exact) mass is 298 g/mol. The minimum atomic E-state index is -3.94. The van der Waals surface area contributed by atoms with Crippen LogP contribution in [0.25, 0.3) is 0 Å². The summed E-state index contributed by atoms with van der Waals surface area (Å²) in [4.78, 5) is 21.1. The van der Waals surface area contributed by atoms with Gasteiger partial charge in [-0.05, 0) is 5.92 Å². The van der Waals surface area contributed by atoms with Gasteiger partial charge in [-0.3, -0.25) is 14.1 Å². The molecular formula is C10H19O8P. The third-order valence-electron chi connectivity index (χ3n) is 1.51. The summed E-state index contributed by atoms with van der Waals surface area (Å²) >= 11 is 0. The van der Waals surface area contributed by atoms with Crippen LogP contribution in [0.4, 0.5) is 0 Å². The van der Waals surface area contributed by atoms with Crippen molar-refractivity contribution in [2.24, 2.45) is 5.92 Å². The zero-order valence-corrected chi connectivity index (χ0v) is 12.3. The first-order valence-electron chi connectivity index (χ1n) is 5.55. The molecule has 0 fully saturated rings. The smallest absolute Gasteiger partial charge is 0.438 e. The highest BCUT2D eigenvalue weighted by atomic mass is 31.2. The average Bonchev–Trinajstić information content (AvgIpc) is 2.25. The number of esters is 2. The molecule has 0 heterocycles. The predicted octanol–water partition coefficient (Wildman–Crippen LogP) is 1.84. The summed E-state index contributed by atoms with van der Waals surface area (Å²) in [5.41, 5.74) is 0. The molecule has 0 atom stereocenters. The lowest BCUT2D eigenvalue weighted by atomic mass is 10.2. The number of phosphoric ester groups is 1. The normalized spacial score (nSPS) is 11.4. The first-order chi connectivity index (χ1) is 8.75. The van der Waals surface area contributed by atoms with Crippen LogP contribution in [-0.2, 0) is 37.2 Å². The van der Waals surface area contributed by atoms with Gasteiger partial charge < -0.3 is 9.47 Å². The van der Waals surface area contributed by atoms with E-state index in [1.807, 2.05) is 13.8 Å². The van der Waals surface area contributed by atoms with Gasteiger partial charge in [-0.25, -0.2) is 13.6 Å². The number of phosphoric acid groups is 1. The highest BCUT2D eigenvalue weighted by molar-refractivity contribution is 7.48. The van der Waals surface area contributed by atoms with Gasteiger partial charge in [0.25, 0.3) is 0 Å². The molecule has 19 heavy (non-hydrogen) atoms. The fourth-order valence-corrected chi connectivity index (χ4v) is 1.77. The second-order valence-electron chi connectivity index (χ2n) is 3.90. The third-order valence-corrected chi connectivity index (χ3v) is 2.82. The summed E-state index contributed by atoms with van der Waals surface area (Å²) in [5, 5.41) is 0. The van der Waals surface area contributed by atoms with E-state index in [0.29, 0.717) is 0 Å². The standard InChI is InChI=1S/C10H19O8P/c1-8(2)5-16-19(13,17-6-14-9(3)11)18-7-15-10(4)12/h8H,5-7H2,1-4H3. The Morgan fingerprint density at radius 2 is 1.37 bits per heavy atom. The molecular weight excluding hydrogens is 279 g/mol. The fourth-order valence-electron chi connectivity index (χ4n) is 0.700. The summed E-state index contributed by atoms with van der Waals surface area (Å²) in [6, 6.07) is 0. The van der Waals surface area contributed by atoms with Crippen molar-refractivity contribution >= 4 is 19.8 Å². The molecule has 0 rings (SSSR count). The van der Waals surface area contributed by atoms with Gasteiger partial charge in [0.2, 0.25) is 13.6 Å². The summed E-state index contributed by atoms with van der Waals surface area (Å²) in [5.74, 6) is -1.12. The van der Waals surface area contributed by atoms with E-state index >= 15 is 0 Å². The van der Waals surface area contributed by atoms with E-state index in [1.165, 1.54) is 13.8 Å². The fraction of sp³-hybridized carbons (Fsp3) is 0.800. The minimum absolute atomic E-state index is 0.0861. The van der Waals surface area contributed by atoms with Gasteiger partial charge >= 0.3 is 19.8 Å².